The van der Waals surface area contributed by atoms with E-state index in [1.807, 2.05) is 12.1 Å². The van der Waals surface area contributed by atoms with Gasteiger partial charge in [-0.05, 0) is 30.3 Å². The van der Waals surface area contributed by atoms with E-state index >= 15 is 0 Å². The molecule has 0 bridgehead atoms. The van der Waals surface area contributed by atoms with Crippen molar-refractivity contribution < 1.29 is 9.15 Å². The Morgan fingerprint density at radius 2 is 2.00 bits per heavy atom. The van der Waals surface area contributed by atoms with E-state index in [0.717, 1.165) is 0 Å². The fraction of sp³-hybridized carbons (Fsp3) is 0.0526. The van der Waals surface area contributed by atoms with Gasteiger partial charge in [0.15, 0.2) is 5.43 Å². The molecule has 0 atom stereocenters. The lowest BCUT2D eigenvalue weighted by Gasteiger charge is -2.16. The molecule has 0 saturated carbocycles. The van der Waals surface area contributed by atoms with Crippen LogP contribution in [-0.4, -0.2) is 6.61 Å². The smallest absolute Gasteiger partial charge is 0.193 e. The number of hydrogen-bond acceptors (Lipinski definition) is 4. The van der Waals surface area contributed by atoms with E-state index in [1.165, 1.54) is 6.07 Å². The normalized spacial score (nSPS) is 12.9. The fourth-order valence-electron chi connectivity index (χ4n) is 2.71. The first-order valence-corrected chi connectivity index (χ1v) is 7.64. The van der Waals surface area contributed by atoms with E-state index < -0.39 is 0 Å². The maximum Gasteiger partial charge on any atom is 0.193 e. The van der Waals surface area contributed by atoms with E-state index in [4.69, 9.17) is 26.0 Å². The van der Waals surface area contributed by atoms with Crippen LogP contribution in [0.15, 0.2) is 57.2 Å². The molecule has 2 aromatic carbocycles. The number of nitriles is 1. The molecule has 24 heavy (non-hydrogen) atoms. The Morgan fingerprint density at radius 3 is 2.79 bits per heavy atom. The number of fused-ring (bicyclic) bond motifs is 3. The van der Waals surface area contributed by atoms with Gasteiger partial charge in [-0.2, -0.15) is 5.26 Å². The predicted octanol–water partition coefficient (Wildman–Crippen LogP) is 4.41. The van der Waals surface area contributed by atoms with Crippen LogP contribution < -0.4 is 10.2 Å². The quantitative estimate of drug-likeness (QED) is 0.660. The van der Waals surface area contributed by atoms with Gasteiger partial charge in [-0.3, -0.25) is 4.79 Å². The average Bonchev–Trinajstić information content (AvgIpc) is 2.61. The van der Waals surface area contributed by atoms with Crippen molar-refractivity contribution in [1.29, 1.82) is 5.26 Å². The first-order chi connectivity index (χ1) is 11.7. The number of nitrogens with zero attached hydrogens (tertiary/aromatic N) is 1. The van der Waals surface area contributed by atoms with E-state index in [2.05, 4.69) is 6.07 Å². The maximum absolute atomic E-state index is 12.5. The highest BCUT2D eigenvalue weighted by Crippen LogP contribution is 2.35. The van der Waals surface area contributed by atoms with Crippen molar-refractivity contribution in [2.24, 2.45) is 0 Å². The molecule has 0 unspecified atom stereocenters. The van der Waals surface area contributed by atoms with Crippen LogP contribution in [0.2, 0.25) is 5.02 Å². The maximum atomic E-state index is 12.5. The van der Waals surface area contributed by atoms with Crippen LogP contribution in [0.4, 0.5) is 0 Å². The van der Waals surface area contributed by atoms with Crippen LogP contribution >= 0.6 is 11.6 Å². The van der Waals surface area contributed by atoms with Gasteiger partial charge in [0.05, 0.1) is 27.6 Å². The SMILES string of the molecule is N#CC1=Cc2c(ccc3c(=O)cc(-c4ccccc4Cl)oc23)OC1. The molecule has 0 radical (unpaired) electrons. The zero-order valence-electron chi connectivity index (χ0n) is 12.4. The highest BCUT2D eigenvalue weighted by molar-refractivity contribution is 6.33. The Labute approximate surface area is 142 Å². The minimum Gasteiger partial charge on any atom is -0.487 e. The summed E-state index contributed by atoms with van der Waals surface area (Å²) in [6.45, 7) is 0.212. The summed E-state index contributed by atoms with van der Waals surface area (Å²) in [7, 11) is 0. The summed E-state index contributed by atoms with van der Waals surface area (Å²) in [5.74, 6) is 0.963. The van der Waals surface area contributed by atoms with Gasteiger partial charge in [0.2, 0.25) is 0 Å². The lowest BCUT2D eigenvalue weighted by atomic mass is 10.0. The van der Waals surface area contributed by atoms with E-state index in [9.17, 15) is 4.79 Å². The average molecular weight is 336 g/mol. The van der Waals surface area contributed by atoms with Crippen molar-refractivity contribution in [2.45, 2.75) is 0 Å². The third-order valence-corrected chi connectivity index (χ3v) is 4.21. The molecule has 5 heteroatoms. The highest BCUT2D eigenvalue weighted by atomic mass is 35.5. The van der Waals surface area contributed by atoms with Crippen LogP contribution in [0, 0.1) is 11.3 Å². The minimum atomic E-state index is -0.175. The topological polar surface area (TPSA) is 63.2 Å². The zero-order chi connectivity index (χ0) is 16.7. The largest absolute Gasteiger partial charge is 0.487 e. The van der Waals surface area contributed by atoms with Crippen molar-refractivity contribution in [3.05, 3.63) is 68.8 Å². The number of halogens is 1. The molecule has 0 N–H and O–H groups in total. The van der Waals surface area contributed by atoms with Crippen molar-refractivity contribution in [3.63, 3.8) is 0 Å². The van der Waals surface area contributed by atoms with E-state index in [-0.39, 0.29) is 12.0 Å². The molecular weight excluding hydrogens is 326 g/mol. The highest BCUT2D eigenvalue weighted by Gasteiger charge is 2.18. The van der Waals surface area contributed by atoms with Gasteiger partial charge in [0.1, 0.15) is 23.7 Å². The Morgan fingerprint density at radius 1 is 1.17 bits per heavy atom. The molecule has 1 aromatic heterocycles. The summed E-state index contributed by atoms with van der Waals surface area (Å²) < 4.78 is 11.5. The van der Waals surface area contributed by atoms with Crippen LogP contribution in [-0.2, 0) is 0 Å². The van der Waals surface area contributed by atoms with E-state index in [0.29, 0.717) is 44.2 Å². The predicted molar refractivity (Wildman–Crippen MR) is 92.0 cm³/mol. The van der Waals surface area contributed by atoms with Crippen LogP contribution in [0.25, 0.3) is 28.4 Å². The second kappa shape index (κ2) is 5.55. The molecule has 0 aliphatic carbocycles. The van der Waals surface area contributed by atoms with Gasteiger partial charge in [-0.1, -0.05) is 23.7 Å². The van der Waals surface area contributed by atoms with Gasteiger partial charge in [-0.15, -0.1) is 0 Å². The van der Waals surface area contributed by atoms with Gasteiger partial charge in [0, 0.05) is 11.6 Å². The zero-order valence-corrected chi connectivity index (χ0v) is 13.1. The molecule has 3 aromatic rings. The summed E-state index contributed by atoms with van der Waals surface area (Å²) in [5.41, 5.74) is 1.92. The Hall–Kier alpha value is -3.03. The molecule has 0 fully saturated rings. The lowest BCUT2D eigenvalue weighted by molar-refractivity contribution is 0.351. The summed E-state index contributed by atoms with van der Waals surface area (Å²) in [5, 5.41) is 10.0. The molecule has 1 aliphatic rings. The summed E-state index contributed by atoms with van der Waals surface area (Å²) in [6.07, 6.45) is 1.69. The van der Waals surface area contributed by atoms with Gasteiger partial charge in [0.25, 0.3) is 0 Å². The second-order valence-electron chi connectivity index (χ2n) is 5.38. The molecule has 116 valence electrons. The van der Waals surface area contributed by atoms with Crippen LogP contribution in [0.1, 0.15) is 5.56 Å². The molecule has 0 spiro atoms. The van der Waals surface area contributed by atoms with Crippen molar-refractivity contribution in [2.75, 3.05) is 6.61 Å². The summed E-state index contributed by atoms with van der Waals surface area (Å²) in [6, 6.07) is 14.0. The molecule has 0 amide bonds. The molecular formula is C19H10ClNO3. The van der Waals surface area contributed by atoms with Gasteiger partial charge in [-0.25, -0.2) is 0 Å². The second-order valence-corrected chi connectivity index (χ2v) is 5.79. The van der Waals surface area contributed by atoms with Crippen molar-refractivity contribution in [1.82, 2.24) is 0 Å². The van der Waals surface area contributed by atoms with Crippen molar-refractivity contribution in [3.8, 4) is 23.1 Å². The number of ether oxygens (including phenoxy) is 1. The Balaban J connectivity index is 2.05. The third kappa shape index (κ3) is 2.27. The monoisotopic (exact) mass is 335 g/mol. The van der Waals surface area contributed by atoms with Gasteiger partial charge < -0.3 is 9.15 Å². The number of hydrogen-bond donors (Lipinski definition) is 0. The van der Waals surface area contributed by atoms with Crippen LogP contribution in [0.3, 0.4) is 0 Å². The minimum absolute atomic E-state index is 0.175. The van der Waals surface area contributed by atoms with E-state index in [1.54, 1.807) is 30.3 Å². The standard InChI is InChI=1S/C19H10ClNO3/c20-15-4-2-1-3-12(15)18-8-16(22)13-5-6-17-14(19(13)24-18)7-11(9-21)10-23-17/h1-8H,10H2. The number of benzene rings is 2. The van der Waals surface area contributed by atoms with Crippen molar-refractivity contribution >= 4 is 28.6 Å². The molecule has 0 saturated heterocycles. The Kier molecular flexibility index (Phi) is 3.37. The fourth-order valence-corrected chi connectivity index (χ4v) is 2.94. The number of rotatable bonds is 1. The summed E-state index contributed by atoms with van der Waals surface area (Å²) >= 11 is 6.21. The first-order valence-electron chi connectivity index (χ1n) is 7.26. The first kappa shape index (κ1) is 14.6. The molecule has 4 rings (SSSR count). The van der Waals surface area contributed by atoms with Crippen LogP contribution in [0.5, 0.6) is 5.75 Å². The molecule has 2 heterocycles. The lowest BCUT2D eigenvalue weighted by Crippen LogP contribution is -2.08. The molecule has 1 aliphatic heterocycles. The Bertz CT molecular complexity index is 1110. The third-order valence-electron chi connectivity index (χ3n) is 3.88. The summed E-state index contributed by atoms with van der Waals surface area (Å²) in [4.78, 5) is 12.5. The van der Waals surface area contributed by atoms with Gasteiger partial charge >= 0.3 is 0 Å². The molecule has 4 nitrogen and oxygen atoms in total.